The first kappa shape index (κ1) is 17.1. The molecule has 0 saturated carbocycles. The van der Waals surface area contributed by atoms with Crippen molar-refractivity contribution in [2.24, 2.45) is 0 Å². The first-order valence-corrected chi connectivity index (χ1v) is 9.30. The molecule has 8 heteroatoms. The second kappa shape index (κ2) is 6.12. The Hall–Kier alpha value is -0.210. The Morgan fingerprint density at radius 2 is 1.81 bits per heavy atom. The standard InChI is InChI=1S/C13H19BrClN3O2S/c1-13(2,3)17-4-6-18(7-5-17)21(19,20)11-8-10(14)9-16-12(11)15/h8-9H,4-7H2,1-3H3. The Labute approximate surface area is 139 Å². The quantitative estimate of drug-likeness (QED) is 0.721. The van der Waals surface area contributed by atoms with Gasteiger partial charge in [0.2, 0.25) is 10.0 Å². The molecule has 0 bridgehead atoms. The molecule has 0 aliphatic carbocycles. The lowest BCUT2D eigenvalue weighted by atomic mass is 10.1. The number of hydrogen-bond acceptors (Lipinski definition) is 4. The predicted octanol–water partition coefficient (Wildman–Crippen LogP) is 2.60. The second-order valence-corrected chi connectivity index (χ2v) is 9.18. The van der Waals surface area contributed by atoms with Gasteiger partial charge < -0.3 is 0 Å². The third-order valence-corrected chi connectivity index (χ3v) is 6.34. The Balaban J connectivity index is 2.21. The molecule has 1 aliphatic heterocycles. The van der Waals surface area contributed by atoms with Gasteiger partial charge in [-0.1, -0.05) is 11.6 Å². The Kier molecular flexibility index (Phi) is 5.00. The van der Waals surface area contributed by atoms with E-state index in [0.717, 1.165) is 0 Å². The summed E-state index contributed by atoms with van der Waals surface area (Å²) in [6, 6.07) is 1.50. The van der Waals surface area contributed by atoms with Gasteiger partial charge in [-0.15, -0.1) is 0 Å². The molecule has 0 N–H and O–H groups in total. The lowest BCUT2D eigenvalue weighted by Crippen LogP contribution is -2.54. The van der Waals surface area contributed by atoms with E-state index in [1.807, 2.05) is 0 Å². The Morgan fingerprint density at radius 1 is 1.24 bits per heavy atom. The molecule has 5 nitrogen and oxygen atoms in total. The van der Waals surface area contributed by atoms with Gasteiger partial charge in [0, 0.05) is 42.4 Å². The molecule has 21 heavy (non-hydrogen) atoms. The summed E-state index contributed by atoms with van der Waals surface area (Å²) in [5.41, 5.74) is 0.0465. The van der Waals surface area contributed by atoms with Gasteiger partial charge in [0.15, 0.2) is 0 Å². The SMILES string of the molecule is CC(C)(C)N1CCN(S(=O)(=O)c2cc(Br)cnc2Cl)CC1. The van der Waals surface area contributed by atoms with Crippen molar-refractivity contribution in [1.29, 1.82) is 0 Å². The van der Waals surface area contributed by atoms with Crippen LogP contribution in [0.4, 0.5) is 0 Å². The third kappa shape index (κ3) is 3.76. The minimum Gasteiger partial charge on any atom is -0.296 e. The van der Waals surface area contributed by atoms with Gasteiger partial charge in [0.05, 0.1) is 0 Å². The molecule has 118 valence electrons. The fourth-order valence-corrected chi connectivity index (χ4v) is 4.67. The number of hydrogen-bond donors (Lipinski definition) is 0. The van der Waals surface area contributed by atoms with Crippen molar-refractivity contribution in [2.45, 2.75) is 31.2 Å². The Morgan fingerprint density at radius 3 is 2.33 bits per heavy atom. The van der Waals surface area contributed by atoms with Crippen LogP contribution in [0, 0.1) is 0 Å². The molecule has 0 radical (unpaired) electrons. The average molecular weight is 397 g/mol. The van der Waals surface area contributed by atoms with E-state index in [4.69, 9.17) is 11.6 Å². The normalized spacial score (nSPS) is 18.9. The van der Waals surface area contributed by atoms with Gasteiger partial charge in [-0.2, -0.15) is 4.31 Å². The number of aromatic nitrogens is 1. The average Bonchev–Trinajstić information content (AvgIpc) is 2.40. The van der Waals surface area contributed by atoms with Crippen LogP contribution >= 0.6 is 27.5 Å². The second-order valence-electron chi connectivity index (χ2n) is 6.00. The number of nitrogens with zero attached hydrogens (tertiary/aromatic N) is 3. The van der Waals surface area contributed by atoms with Gasteiger partial charge in [-0.3, -0.25) is 4.90 Å². The summed E-state index contributed by atoms with van der Waals surface area (Å²) >= 11 is 9.19. The van der Waals surface area contributed by atoms with Crippen LogP contribution in [0.2, 0.25) is 5.15 Å². The maximum absolute atomic E-state index is 12.7. The van der Waals surface area contributed by atoms with Gasteiger partial charge in [0.25, 0.3) is 0 Å². The summed E-state index contributed by atoms with van der Waals surface area (Å²) in [5.74, 6) is 0. The number of piperazine rings is 1. The lowest BCUT2D eigenvalue weighted by molar-refractivity contribution is 0.0922. The van der Waals surface area contributed by atoms with Crippen LogP contribution in [-0.2, 0) is 10.0 Å². The van der Waals surface area contributed by atoms with Crippen molar-refractivity contribution >= 4 is 37.6 Å². The Bertz CT molecular complexity index is 623. The van der Waals surface area contributed by atoms with Crippen molar-refractivity contribution < 1.29 is 8.42 Å². The van der Waals surface area contributed by atoms with Gasteiger partial charge in [0.1, 0.15) is 10.0 Å². The predicted molar refractivity (Wildman–Crippen MR) is 87.0 cm³/mol. The highest BCUT2D eigenvalue weighted by Crippen LogP contribution is 2.27. The summed E-state index contributed by atoms with van der Waals surface area (Å²) in [7, 11) is -3.60. The fraction of sp³-hybridized carbons (Fsp3) is 0.615. The first-order chi connectivity index (χ1) is 9.62. The number of rotatable bonds is 2. The van der Waals surface area contributed by atoms with E-state index in [1.54, 1.807) is 0 Å². The molecule has 1 aromatic heterocycles. The highest BCUT2D eigenvalue weighted by molar-refractivity contribution is 9.10. The first-order valence-electron chi connectivity index (χ1n) is 6.68. The summed E-state index contributed by atoms with van der Waals surface area (Å²) in [5, 5.41) is 0.0106. The van der Waals surface area contributed by atoms with Crippen LogP contribution in [0.3, 0.4) is 0 Å². The van der Waals surface area contributed by atoms with E-state index in [0.29, 0.717) is 30.7 Å². The number of pyridine rings is 1. The molecule has 0 atom stereocenters. The van der Waals surface area contributed by atoms with Crippen LogP contribution in [0.5, 0.6) is 0 Å². The highest BCUT2D eigenvalue weighted by Gasteiger charge is 2.33. The largest absolute Gasteiger partial charge is 0.296 e. The van der Waals surface area contributed by atoms with Crippen LogP contribution < -0.4 is 0 Å². The third-order valence-electron chi connectivity index (χ3n) is 3.58. The fourth-order valence-electron chi connectivity index (χ4n) is 2.32. The molecule has 1 aromatic rings. The van der Waals surface area contributed by atoms with E-state index in [2.05, 4.69) is 46.6 Å². The molecular weight excluding hydrogens is 378 g/mol. The minimum atomic E-state index is -3.60. The molecular formula is C13H19BrClN3O2S. The summed E-state index contributed by atoms with van der Waals surface area (Å²) in [6.07, 6.45) is 1.49. The van der Waals surface area contributed by atoms with E-state index < -0.39 is 10.0 Å². The minimum absolute atomic E-state index is 0.0106. The summed E-state index contributed by atoms with van der Waals surface area (Å²) in [4.78, 5) is 6.23. The monoisotopic (exact) mass is 395 g/mol. The smallest absolute Gasteiger partial charge is 0.246 e. The lowest BCUT2D eigenvalue weighted by Gasteiger charge is -2.41. The molecule has 0 aromatic carbocycles. The zero-order valence-corrected chi connectivity index (χ0v) is 15.5. The maximum atomic E-state index is 12.7. The van der Waals surface area contributed by atoms with Crippen LogP contribution in [0.1, 0.15) is 20.8 Å². The zero-order valence-electron chi connectivity index (χ0n) is 12.3. The molecule has 1 aliphatic rings. The zero-order chi connectivity index (χ0) is 15.8. The van der Waals surface area contributed by atoms with E-state index >= 15 is 0 Å². The number of halogens is 2. The highest BCUT2D eigenvalue weighted by atomic mass is 79.9. The van der Waals surface area contributed by atoms with Crippen molar-refractivity contribution in [1.82, 2.24) is 14.2 Å². The molecule has 0 unspecified atom stereocenters. The van der Waals surface area contributed by atoms with Gasteiger partial charge >= 0.3 is 0 Å². The van der Waals surface area contributed by atoms with Crippen molar-refractivity contribution in [3.8, 4) is 0 Å². The van der Waals surface area contributed by atoms with Gasteiger partial charge in [-0.05, 0) is 42.8 Å². The molecule has 0 amide bonds. The van der Waals surface area contributed by atoms with Gasteiger partial charge in [-0.25, -0.2) is 13.4 Å². The van der Waals surface area contributed by atoms with E-state index in [1.165, 1.54) is 16.6 Å². The van der Waals surface area contributed by atoms with Crippen LogP contribution in [-0.4, -0.2) is 54.3 Å². The van der Waals surface area contributed by atoms with Crippen molar-refractivity contribution in [3.63, 3.8) is 0 Å². The van der Waals surface area contributed by atoms with E-state index in [-0.39, 0.29) is 15.6 Å². The molecule has 0 spiro atoms. The summed E-state index contributed by atoms with van der Waals surface area (Å²) in [6.45, 7) is 8.74. The molecule has 2 rings (SSSR count). The molecule has 2 heterocycles. The van der Waals surface area contributed by atoms with Crippen molar-refractivity contribution in [2.75, 3.05) is 26.2 Å². The maximum Gasteiger partial charge on any atom is 0.246 e. The topological polar surface area (TPSA) is 53.5 Å². The molecule has 1 fully saturated rings. The van der Waals surface area contributed by atoms with E-state index in [9.17, 15) is 8.42 Å². The molecule has 1 saturated heterocycles. The van der Waals surface area contributed by atoms with Crippen molar-refractivity contribution in [3.05, 3.63) is 21.9 Å². The van der Waals surface area contributed by atoms with Crippen LogP contribution in [0.15, 0.2) is 21.6 Å². The number of sulfonamides is 1. The van der Waals surface area contributed by atoms with Crippen LogP contribution in [0.25, 0.3) is 0 Å². The summed E-state index contributed by atoms with van der Waals surface area (Å²) < 4.78 is 27.4.